The van der Waals surface area contributed by atoms with Crippen molar-refractivity contribution in [3.63, 3.8) is 0 Å². The van der Waals surface area contributed by atoms with E-state index in [4.69, 9.17) is 0 Å². The predicted molar refractivity (Wildman–Crippen MR) is 42.3 cm³/mol. The van der Waals surface area contributed by atoms with Crippen LogP contribution in [-0.2, 0) is 4.79 Å². The highest BCUT2D eigenvalue weighted by molar-refractivity contribution is 5.49. The minimum absolute atomic E-state index is 0.646. The highest BCUT2D eigenvalue weighted by atomic mass is 16.1. The molecule has 0 rings (SSSR count). The predicted octanol–water partition coefficient (Wildman–Crippen LogP) is 1.38. The van der Waals surface area contributed by atoms with Gasteiger partial charge in [0.1, 0.15) is 0 Å². The van der Waals surface area contributed by atoms with Gasteiger partial charge in [0.25, 0.3) is 0 Å². The van der Waals surface area contributed by atoms with Gasteiger partial charge < -0.3 is 5.32 Å². The van der Waals surface area contributed by atoms with Gasteiger partial charge in [-0.15, -0.1) is 0 Å². The van der Waals surface area contributed by atoms with Gasteiger partial charge in [0.2, 0.25) is 6.41 Å². The van der Waals surface area contributed by atoms with Crippen LogP contribution in [0.4, 0.5) is 0 Å². The van der Waals surface area contributed by atoms with Crippen LogP contribution in [0.2, 0.25) is 0 Å². The molecule has 0 heterocycles. The molecule has 1 N–H and O–H groups in total. The molecule has 0 spiro atoms. The van der Waals surface area contributed by atoms with Crippen molar-refractivity contribution in [2.75, 3.05) is 0 Å². The van der Waals surface area contributed by atoms with Crippen molar-refractivity contribution in [2.45, 2.75) is 6.92 Å². The second kappa shape index (κ2) is 5.82. The molecule has 0 unspecified atom stereocenters. The number of nitrogens with one attached hydrogen (secondary N) is 1. The summed E-state index contributed by atoms with van der Waals surface area (Å²) in [6.45, 7) is 5.30. The van der Waals surface area contributed by atoms with Gasteiger partial charge in [-0.25, -0.2) is 0 Å². The maximum Gasteiger partial charge on any atom is 0.211 e. The molecule has 0 fully saturated rings. The molecule has 1 amide bonds. The summed E-state index contributed by atoms with van der Waals surface area (Å²) in [6, 6.07) is 0. The lowest BCUT2D eigenvalue weighted by atomic mass is 10.4. The Kier molecular flexibility index (Phi) is 5.06. The van der Waals surface area contributed by atoms with E-state index in [1.54, 1.807) is 24.3 Å². The molecular formula is C8H11NO. The molecule has 0 aromatic carbocycles. The van der Waals surface area contributed by atoms with Crippen molar-refractivity contribution in [3.8, 4) is 0 Å². The molecule has 0 aliphatic rings. The highest BCUT2D eigenvalue weighted by Crippen LogP contribution is 1.85. The largest absolute Gasteiger partial charge is 0.333 e. The monoisotopic (exact) mass is 137 g/mol. The van der Waals surface area contributed by atoms with Crippen LogP contribution in [-0.4, -0.2) is 6.41 Å². The first kappa shape index (κ1) is 8.69. The topological polar surface area (TPSA) is 29.1 Å². The Bertz CT molecular complexity index is 168. The van der Waals surface area contributed by atoms with Crippen molar-refractivity contribution >= 4 is 6.41 Å². The van der Waals surface area contributed by atoms with E-state index in [0.717, 1.165) is 5.70 Å². The second-order valence-electron chi connectivity index (χ2n) is 1.73. The fourth-order valence-corrected chi connectivity index (χ4v) is 0.420. The van der Waals surface area contributed by atoms with Crippen LogP contribution in [0.3, 0.4) is 0 Å². The van der Waals surface area contributed by atoms with Crippen LogP contribution >= 0.6 is 0 Å². The minimum Gasteiger partial charge on any atom is -0.333 e. The summed E-state index contributed by atoms with van der Waals surface area (Å²) in [5.74, 6) is 0. The molecule has 0 bridgehead atoms. The fourth-order valence-electron chi connectivity index (χ4n) is 0.420. The third-order valence-corrected chi connectivity index (χ3v) is 0.880. The van der Waals surface area contributed by atoms with Gasteiger partial charge in [0.05, 0.1) is 0 Å². The SMILES string of the molecule is C=C/C=C\C=C(/C)NC=O. The number of carbonyl (C=O) groups is 1. The van der Waals surface area contributed by atoms with Gasteiger partial charge >= 0.3 is 0 Å². The zero-order valence-corrected chi connectivity index (χ0v) is 6.00. The van der Waals surface area contributed by atoms with Crippen LogP contribution in [0.25, 0.3) is 0 Å². The molecule has 54 valence electrons. The van der Waals surface area contributed by atoms with Crippen LogP contribution in [0.5, 0.6) is 0 Å². The first-order chi connectivity index (χ1) is 4.81. The first-order valence-corrected chi connectivity index (χ1v) is 2.97. The maximum absolute atomic E-state index is 9.85. The maximum atomic E-state index is 9.85. The molecule has 0 saturated carbocycles. The van der Waals surface area contributed by atoms with Crippen LogP contribution in [0.1, 0.15) is 6.92 Å². The van der Waals surface area contributed by atoms with E-state index in [1.165, 1.54) is 0 Å². The van der Waals surface area contributed by atoms with Gasteiger partial charge in [-0.1, -0.05) is 24.8 Å². The van der Waals surface area contributed by atoms with E-state index in [-0.39, 0.29) is 0 Å². The summed E-state index contributed by atoms with van der Waals surface area (Å²) in [5.41, 5.74) is 0.813. The molecule has 0 atom stereocenters. The lowest BCUT2D eigenvalue weighted by molar-refractivity contribution is -0.108. The van der Waals surface area contributed by atoms with E-state index in [9.17, 15) is 4.79 Å². The van der Waals surface area contributed by atoms with Gasteiger partial charge in [-0.05, 0) is 13.0 Å². The first-order valence-electron chi connectivity index (χ1n) is 2.97. The van der Waals surface area contributed by atoms with Crippen LogP contribution in [0.15, 0.2) is 36.6 Å². The lowest BCUT2D eigenvalue weighted by Crippen LogP contribution is -2.05. The van der Waals surface area contributed by atoms with E-state index in [0.29, 0.717) is 6.41 Å². The number of hydrogen-bond acceptors (Lipinski definition) is 1. The van der Waals surface area contributed by atoms with Crippen LogP contribution < -0.4 is 5.32 Å². The summed E-state index contributed by atoms with van der Waals surface area (Å²) >= 11 is 0. The Morgan fingerprint density at radius 1 is 1.50 bits per heavy atom. The quantitative estimate of drug-likeness (QED) is 0.460. The Morgan fingerprint density at radius 3 is 2.70 bits per heavy atom. The van der Waals surface area contributed by atoms with Crippen molar-refractivity contribution in [3.05, 3.63) is 36.6 Å². The lowest BCUT2D eigenvalue weighted by Gasteiger charge is -1.91. The third-order valence-electron chi connectivity index (χ3n) is 0.880. The summed E-state index contributed by atoms with van der Waals surface area (Å²) < 4.78 is 0. The molecule has 0 aliphatic carbocycles. The molecule has 0 saturated heterocycles. The van der Waals surface area contributed by atoms with Crippen molar-refractivity contribution in [2.24, 2.45) is 0 Å². The smallest absolute Gasteiger partial charge is 0.211 e. The van der Waals surface area contributed by atoms with Gasteiger partial charge in [-0.3, -0.25) is 4.79 Å². The van der Waals surface area contributed by atoms with Crippen molar-refractivity contribution < 1.29 is 4.79 Å². The Morgan fingerprint density at radius 2 is 2.20 bits per heavy atom. The Labute approximate surface area is 60.9 Å². The molecule has 10 heavy (non-hydrogen) atoms. The van der Waals surface area contributed by atoms with E-state index in [1.807, 2.05) is 6.92 Å². The highest BCUT2D eigenvalue weighted by Gasteiger charge is 1.77. The molecule has 2 nitrogen and oxygen atoms in total. The van der Waals surface area contributed by atoms with E-state index in [2.05, 4.69) is 11.9 Å². The average Bonchev–Trinajstić information content (AvgIpc) is 1.89. The van der Waals surface area contributed by atoms with Crippen molar-refractivity contribution in [1.82, 2.24) is 5.32 Å². The Balaban J connectivity index is 3.77. The standard InChI is InChI=1S/C8H11NO/c1-3-4-5-6-8(2)9-7-10/h3-7H,1H2,2H3,(H,9,10)/b5-4-,8-6+. The van der Waals surface area contributed by atoms with E-state index >= 15 is 0 Å². The number of rotatable bonds is 4. The molecule has 0 aromatic heterocycles. The summed E-state index contributed by atoms with van der Waals surface area (Å²) in [5, 5.41) is 2.50. The molecule has 0 aliphatic heterocycles. The summed E-state index contributed by atoms with van der Waals surface area (Å²) in [7, 11) is 0. The van der Waals surface area contributed by atoms with Gasteiger partial charge in [-0.2, -0.15) is 0 Å². The number of carbonyl (C=O) groups excluding carboxylic acids is 1. The average molecular weight is 137 g/mol. The molecule has 2 heteroatoms. The van der Waals surface area contributed by atoms with Gasteiger partial charge in [0.15, 0.2) is 0 Å². The summed E-state index contributed by atoms with van der Waals surface area (Å²) in [4.78, 5) is 9.85. The molecule has 0 radical (unpaired) electrons. The Hall–Kier alpha value is -1.31. The van der Waals surface area contributed by atoms with Crippen molar-refractivity contribution in [1.29, 1.82) is 0 Å². The molecular weight excluding hydrogens is 126 g/mol. The normalized spacial score (nSPS) is 11.5. The molecule has 0 aromatic rings. The number of amides is 1. The third kappa shape index (κ3) is 4.84. The fraction of sp³-hybridized carbons (Fsp3) is 0.125. The number of hydrogen-bond donors (Lipinski definition) is 1. The number of allylic oxidation sites excluding steroid dienone is 5. The second-order valence-corrected chi connectivity index (χ2v) is 1.73. The van der Waals surface area contributed by atoms with E-state index < -0.39 is 0 Å². The van der Waals surface area contributed by atoms with Gasteiger partial charge in [0, 0.05) is 5.70 Å². The minimum atomic E-state index is 0.646. The zero-order chi connectivity index (χ0) is 7.82. The summed E-state index contributed by atoms with van der Waals surface area (Å²) in [6.07, 6.45) is 7.70. The zero-order valence-electron chi connectivity index (χ0n) is 6.00. The van der Waals surface area contributed by atoms with Crippen LogP contribution in [0, 0.1) is 0 Å².